The second-order valence-electron chi connectivity index (χ2n) is 12.7. The van der Waals surface area contributed by atoms with E-state index in [0.717, 1.165) is 19.5 Å². The van der Waals surface area contributed by atoms with Gasteiger partial charge in [0.15, 0.2) is 0 Å². The van der Waals surface area contributed by atoms with E-state index in [1.54, 1.807) is 0 Å². The number of aromatic nitrogens is 2. The van der Waals surface area contributed by atoms with Gasteiger partial charge in [0.1, 0.15) is 5.82 Å². The van der Waals surface area contributed by atoms with Crippen LogP contribution in [0.25, 0.3) is 0 Å². The fourth-order valence-electron chi connectivity index (χ4n) is 6.02. The summed E-state index contributed by atoms with van der Waals surface area (Å²) in [5, 5.41) is 3.67. The number of rotatable bonds is 33. The van der Waals surface area contributed by atoms with Crippen LogP contribution in [0.15, 0.2) is 12.4 Å². The van der Waals surface area contributed by atoms with Crippen molar-refractivity contribution < 1.29 is 0 Å². The number of nitrogens with zero attached hydrogens (tertiary/aromatic N) is 2. The SMILES string of the molecule is CCCCCCCCCCCCCCCCNCCn1ccnc1CCCCCCCCCCCCCCCC.Cl. The minimum Gasteiger partial charge on any atom is -0.334 e. The van der Waals surface area contributed by atoms with Gasteiger partial charge in [-0.05, 0) is 19.4 Å². The second-order valence-corrected chi connectivity index (χ2v) is 12.7. The third-order valence-corrected chi connectivity index (χ3v) is 8.79. The maximum Gasteiger partial charge on any atom is 0.108 e. The Balaban J connectivity index is 0.0000160. The normalized spacial score (nSPS) is 11.3. The Hall–Kier alpha value is -0.540. The molecule has 1 heterocycles. The van der Waals surface area contributed by atoms with Gasteiger partial charge in [-0.2, -0.15) is 0 Å². The van der Waals surface area contributed by atoms with Gasteiger partial charge in [0.25, 0.3) is 0 Å². The second kappa shape index (κ2) is 34.0. The summed E-state index contributed by atoms with van der Waals surface area (Å²) in [6.45, 7) is 7.90. The van der Waals surface area contributed by atoms with Crippen LogP contribution in [0.4, 0.5) is 0 Å². The first kappa shape index (κ1) is 40.5. The highest BCUT2D eigenvalue weighted by molar-refractivity contribution is 5.85. The van der Waals surface area contributed by atoms with Gasteiger partial charge in [0.2, 0.25) is 0 Å². The van der Waals surface area contributed by atoms with Crippen molar-refractivity contribution in [1.29, 1.82) is 0 Å². The molecule has 0 saturated carbocycles. The molecule has 0 saturated heterocycles. The van der Waals surface area contributed by atoms with E-state index in [1.165, 1.54) is 192 Å². The zero-order valence-corrected chi connectivity index (χ0v) is 28.9. The smallest absolute Gasteiger partial charge is 0.108 e. The molecule has 1 aromatic rings. The number of unbranched alkanes of at least 4 members (excludes halogenated alkanes) is 26. The highest BCUT2D eigenvalue weighted by Crippen LogP contribution is 2.15. The predicted molar refractivity (Wildman–Crippen MR) is 187 cm³/mol. The molecule has 0 aliphatic heterocycles. The maximum atomic E-state index is 4.65. The van der Waals surface area contributed by atoms with Crippen molar-refractivity contribution in [2.75, 3.05) is 13.1 Å². The first-order chi connectivity index (χ1) is 19.9. The Labute approximate surface area is 264 Å². The molecule has 0 bridgehead atoms. The molecule has 1 aromatic heterocycles. The summed E-state index contributed by atoms with van der Waals surface area (Å²) in [4.78, 5) is 4.65. The third-order valence-electron chi connectivity index (χ3n) is 8.79. The lowest BCUT2D eigenvalue weighted by atomic mass is 10.0. The lowest BCUT2D eigenvalue weighted by molar-refractivity contribution is 0.518. The molecule has 0 aliphatic carbocycles. The number of hydrogen-bond donors (Lipinski definition) is 1. The van der Waals surface area contributed by atoms with Gasteiger partial charge >= 0.3 is 0 Å². The minimum atomic E-state index is 0. The molecule has 0 aliphatic rings. The topological polar surface area (TPSA) is 29.9 Å². The fourth-order valence-corrected chi connectivity index (χ4v) is 6.02. The number of hydrogen-bond acceptors (Lipinski definition) is 2. The van der Waals surface area contributed by atoms with Crippen molar-refractivity contribution in [2.24, 2.45) is 0 Å². The molecule has 4 heteroatoms. The minimum absolute atomic E-state index is 0. The first-order valence-corrected chi connectivity index (χ1v) is 18.6. The van der Waals surface area contributed by atoms with Gasteiger partial charge in [0.05, 0.1) is 0 Å². The number of nitrogens with one attached hydrogen (secondary N) is 1. The molecule has 41 heavy (non-hydrogen) atoms. The molecule has 3 nitrogen and oxygen atoms in total. The van der Waals surface area contributed by atoms with Gasteiger partial charge in [-0.25, -0.2) is 4.98 Å². The van der Waals surface area contributed by atoms with Crippen molar-refractivity contribution in [3.05, 3.63) is 18.2 Å². The van der Waals surface area contributed by atoms with Crippen LogP contribution in [-0.4, -0.2) is 22.6 Å². The average Bonchev–Trinajstić information content (AvgIpc) is 3.42. The van der Waals surface area contributed by atoms with E-state index in [2.05, 4.69) is 34.9 Å². The van der Waals surface area contributed by atoms with Crippen LogP contribution in [0.2, 0.25) is 0 Å². The molecule has 0 amide bonds. The lowest BCUT2D eigenvalue weighted by Crippen LogP contribution is -2.21. The standard InChI is InChI=1S/C37H73N3.ClH/c1-3-5-7-9-11-13-15-17-19-21-23-25-27-29-31-37-39-34-36-40(37)35-33-38-32-30-28-26-24-22-20-18-16-14-12-10-8-6-4-2;/h34,36,38H,3-33,35H2,1-2H3;1H. The van der Waals surface area contributed by atoms with Crippen molar-refractivity contribution in [3.8, 4) is 0 Å². The Morgan fingerprint density at radius 1 is 0.488 bits per heavy atom. The maximum absolute atomic E-state index is 4.65. The molecular weight excluding hydrogens is 522 g/mol. The zero-order valence-electron chi connectivity index (χ0n) is 28.1. The van der Waals surface area contributed by atoms with E-state index in [4.69, 9.17) is 0 Å². The van der Waals surface area contributed by atoms with Crippen molar-refractivity contribution in [3.63, 3.8) is 0 Å². The van der Waals surface area contributed by atoms with Gasteiger partial charge in [-0.1, -0.05) is 181 Å². The summed E-state index contributed by atoms with van der Waals surface area (Å²) in [5.41, 5.74) is 0. The van der Waals surface area contributed by atoms with Crippen LogP contribution in [-0.2, 0) is 13.0 Å². The van der Waals surface area contributed by atoms with Gasteiger partial charge in [0, 0.05) is 31.9 Å². The highest BCUT2D eigenvalue weighted by Gasteiger charge is 2.03. The van der Waals surface area contributed by atoms with E-state index in [1.807, 2.05) is 6.20 Å². The molecule has 0 fully saturated rings. The molecular formula is C37H74ClN3. The summed E-state index contributed by atoms with van der Waals surface area (Å²) in [7, 11) is 0. The van der Waals surface area contributed by atoms with Crippen LogP contribution < -0.4 is 5.32 Å². The zero-order chi connectivity index (χ0) is 28.6. The van der Waals surface area contributed by atoms with Crippen molar-refractivity contribution in [1.82, 2.24) is 14.9 Å². The Kier molecular flexibility index (Phi) is 33.5. The molecule has 0 atom stereocenters. The first-order valence-electron chi connectivity index (χ1n) is 18.6. The van der Waals surface area contributed by atoms with Gasteiger partial charge < -0.3 is 9.88 Å². The Bertz CT molecular complexity index is 603. The van der Waals surface area contributed by atoms with Crippen molar-refractivity contribution in [2.45, 2.75) is 207 Å². The third kappa shape index (κ3) is 28.0. The fraction of sp³-hybridized carbons (Fsp3) is 0.919. The monoisotopic (exact) mass is 596 g/mol. The Morgan fingerprint density at radius 3 is 1.27 bits per heavy atom. The number of imidazole rings is 1. The summed E-state index contributed by atoms with van der Waals surface area (Å²) >= 11 is 0. The summed E-state index contributed by atoms with van der Waals surface area (Å²) in [5.74, 6) is 1.29. The summed E-state index contributed by atoms with van der Waals surface area (Å²) < 4.78 is 2.38. The van der Waals surface area contributed by atoms with E-state index in [9.17, 15) is 0 Å². The predicted octanol–water partition coefficient (Wildman–Crippen LogP) is 12.4. The average molecular weight is 596 g/mol. The van der Waals surface area contributed by atoms with Crippen LogP contribution in [0.3, 0.4) is 0 Å². The van der Waals surface area contributed by atoms with Crippen LogP contribution in [0.5, 0.6) is 0 Å². The van der Waals surface area contributed by atoms with Gasteiger partial charge in [-0.15, -0.1) is 12.4 Å². The summed E-state index contributed by atoms with van der Waals surface area (Å²) in [6.07, 6.45) is 45.3. The largest absolute Gasteiger partial charge is 0.334 e. The van der Waals surface area contributed by atoms with Crippen molar-refractivity contribution >= 4 is 12.4 Å². The molecule has 1 rings (SSSR count). The van der Waals surface area contributed by atoms with E-state index in [0.29, 0.717) is 0 Å². The van der Waals surface area contributed by atoms with Gasteiger partial charge in [-0.3, -0.25) is 0 Å². The molecule has 244 valence electrons. The molecule has 0 spiro atoms. The molecule has 0 unspecified atom stereocenters. The van der Waals surface area contributed by atoms with E-state index in [-0.39, 0.29) is 12.4 Å². The van der Waals surface area contributed by atoms with E-state index < -0.39 is 0 Å². The number of aryl methyl sites for hydroxylation is 1. The van der Waals surface area contributed by atoms with Crippen LogP contribution in [0, 0.1) is 0 Å². The van der Waals surface area contributed by atoms with Crippen LogP contribution >= 0.6 is 12.4 Å². The Morgan fingerprint density at radius 2 is 0.854 bits per heavy atom. The highest BCUT2D eigenvalue weighted by atomic mass is 35.5. The summed E-state index contributed by atoms with van der Waals surface area (Å²) in [6, 6.07) is 0. The molecule has 0 aromatic carbocycles. The molecule has 1 N–H and O–H groups in total. The molecule has 0 radical (unpaired) electrons. The lowest BCUT2D eigenvalue weighted by Gasteiger charge is -2.09. The van der Waals surface area contributed by atoms with Crippen LogP contribution in [0.1, 0.15) is 199 Å². The number of halogens is 1. The van der Waals surface area contributed by atoms with E-state index >= 15 is 0 Å². The quantitative estimate of drug-likeness (QED) is 0.0819.